The van der Waals surface area contributed by atoms with Crippen LogP contribution in [-0.2, 0) is 0 Å². The van der Waals surface area contributed by atoms with Crippen molar-refractivity contribution in [1.29, 1.82) is 0 Å². The highest BCUT2D eigenvalue weighted by molar-refractivity contribution is 7.18. The normalized spacial score (nSPS) is 12.0. The number of nitrogens with two attached hydrogens (primary N) is 1. The third-order valence-electron chi connectivity index (χ3n) is 2.42. The molecule has 0 aliphatic heterocycles. The maximum atomic E-state index is 5.70. The summed E-state index contributed by atoms with van der Waals surface area (Å²) in [4.78, 5) is 10.8. The van der Waals surface area contributed by atoms with E-state index in [2.05, 4.69) is 42.1 Å². The summed E-state index contributed by atoms with van der Waals surface area (Å²) in [6.45, 7) is 6.74. The highest BCUT2D eigenvalue weighted by atomic mass is 32.1. The lowest BCUT2D eigenvalue weighted by atomic mass is 10.1. The topological polar surface area (TPSA) is 63.8 Å². The minimum absolute atomic E-state index is 0.156. The van der Waals surface area contributed by atoms with E-state index in [9.17, 15) is 0 Å². The molecule has 0 fully saturated rings. The van der Waals surface area contributed by atoms with Gasteiger partial charge >= 0.3 is 0 Å². The lowest BCUT2D eigenvalue weighted by Crippen LogP contribution is -2.39. The minimum atomic E-state index is -0.156. The van der Waals surface area contributed by atoms with E-state index in [0.717, 1.165) is 16.0 Å². The zero-order valence-electron chi connectivity index (χ0n) is 9.74. The van der Waals surface area contributed by atoms with Crippen LogP contribution in [0.3, 0.4) is 0 Å². The van der Waals surface area contributed by atoms with Gasteiger partial charge in [0.15, 0.2) is 0 Å². The Kier molecular flexibility index (Phi) is 2.82. The van der Waals surface area contributed by atoms with Crippen molar-refractivity contribution in [3.63, 3.8) is 0 Å². The standard InChI is InChI=1S/C11H16N4S/c1-7-4-8-9(15-11(2,3)5-12)13-6-14-10(8)16-7/h4,6H,5,12H2,1-3H3,(H,13,14,15). The average Bonchev–Trinajstić information content (AvgIpc) is 2.59. The summed E-state index contributed by atoms with van der Waals surface area (Å²) < 4.78 is 0. The summed E-state index contributed by atoms with van der Waals surface area (Å²) in [7, 11) is 0. The summed E-state index contributed by atoms with van der Waals surface area (Å²) >= 11 is 1.68. The third kappa shape index (κ3) is 2.15. The Morgan fingerprint density at radius 1 is 1.44 bits per heavy atom. The van der Waals surface area contributed by atoms with Crippen molar-refractivity contribution in [3.8, 4) is 0 Å². The molecule has 0 saturated carbocycles. The van der Waals surface area contributed by atoms with E-state index in [1.54, 1.807) is 17.7 Å². The molecule has 0 spiro atoms. The number of nitrogens with one attached hydrogen (secondary N) is 1. The first-order valence-electron chi connectivity index (χ1n) is 5.21. The fraction of sp³-hybridized carbons (Fsp3) is 0.455. The quantitative estimate of drug-likeness (QED) is 0.857. The number of anilines is 1. The molecule has 0 aromatic carbocycles. The zero-order valence-corrected chi connectivity index (χ0v) is 10.6. The van der Waals surface area contributed by atoms with Gasteiger partial charge in [0.05, 0.1) is 5.39 Å². The van der Waals surface area contributed by atoms with Crippen molar-refractivity contribution in [2.75, 3.05) is 11.9 Å². The zero-order chi connectivity index (χ0) is 11.8. The van der Waals surface area contributed by atoms with Gasteiger partial charge in [-0.1, -0.05) is 0 Å². The van der Waals surface area contributed by atoms with E-state index in [-0.39, 0.29) is 5.54 Å². The fourth-order valence-corrected chi connectivity index (χ4v) is 2.29. The van der Waals surface area contributed by atoms with E-state index in [1.807, 2.05) is 0 Å². The van der Waals surface area contributed by atoms with Crippen LogP contribution in [0.5, 0.6) is 0 Å². The van der Waals surface area contributed by atoms with Gasteiger partial charge in [-0.25, -0.2) is 9.97 Å². The van der Waals surface area contributed by atoms with Crippen LogP contribution in [0.25, 0.3) is 10.2 Å². The smallest absolute Gasteiger partial charge is 0.138 e. The molecule has 0 aliphatic rings. The molecule has 0 saturated heterocycles. The Balaban J connectivity index is 2.44. The predicted molar refractivity (Wildman–Crippen MR) is 68.9 cm³/mol. The van der Waals surface area contributed by atoms with Crippen LogP contribution < -0.4 is 11.1 Å². The van der Waals surface area contributed by atoms with Gasteiger partial charge in [0, 0.05) is 17.0 Å². The largest absolute Gasteiger partial charge is 0.363 e. The van der Waals surface area contributed by atoms with Crippen LogP contribution in [0, 0.1) is 6.92 Å². The van der Waals surface area contributed by atoms with Gasteiger partial charge in [0.25, 0.3) is 0 Å². The maximum absolute atomic E-state index is 5.70. The van der Waals surface area contributed by atoms with Crippen LogP contribution in [-0.4, -0.2) is 22.1 Å². The Morgan fingerprint density at radius 2 is 2.19 bits per heavy atom. The summed E-state index contributed by atoms with van der Waals surface area (Å²) in [5, 5.41) is 4.43. The summed E-state index contributed by atoms with van der Waals surface area (Å²) in [5.74, 6) is 0.866. The number of rotatable bonds is 3. The molecule has 0 atom stereocenters. The molecule has 2 heterocycles. The van der Waals surface area contributed by atoms with Crippen LogP contribution in [0.15, 0.2) is 12.4 Å². The van der Waals surface area contributed by atoms with Crippen molar-refractivity contribution in [3.05, 3.63) is 17.3 Å². The Morgan fingerprint density at radius 3 is 2.88 bits per heavy atom. The first-order valence-corrected chi connectivity index (χ1v) is 6.03. The first kappa shape index (κ1) is 11.3. The minimum Gasteiger partial charge on any atom is -0.363 e. The molecular formula is C11H16N4S. The van der Waals surface area contributed by atoms with Gasteiger partial charge in [-0.05, 0) is 26.8 Å². The van der Waals surface area contributed by atoms with E-state index in [4.69, 9.17) is 5.73 Å². The summed E-state index contributed by atoms with van der Waals surface area (Å²) in [6, 6.07) is 2.11. The summed E-state index contributed by atoms with van der Waals surface area (Å²) in [6.07, 6.45) is 1.59. The third-order valence-corrected chi connectivity index (χ3v) is 3.38. The van der Waals surface area contributed by atoms with Crippen molar-refractivity contribution in [1.82, 2.24) is 9.97 Å². The van der Waals surface area contributed by atoms with E-state index >= 15 is 0 Å². The molecule has 4 nitrogen and oxygen atoms in total. The van der Waals surface area contributed by atoms with Gasteiger partial charge in [0.1, 0.15) is 17.0 Å². The molecule has 0 bridgehead atoms. The Hall–Kier alpha value is -1.20. The number of hydrogen-bond donors (Lipinski definition) is 2. The molecule has 86 valence electrons. The second-order valence-electron chi connectivity index (χ2n) is 4.51. The maximum Gasteiger partial charge on any atom is 0.138 e. The molecule has 0 unspecified atom stereocenters. The lowest BCUT2D eigenvalue weighted by Gasteiger charge is -2.25. The molecule has 0 radical (unpaired) electrons. The van der Waals surface area contributed by atoms with Crippen molar-refractivity contribution in [2.24, 2.45) is 5.73 Å². The SMILES string of the molecule is Cc1cc2c(NC(C)(C)CN)ncnc2s1. The number of aryl methyl sites for hydroxylation is 1. The molecule has 2 rings (SSSR count). The van der Waals surface area contributed by atoms with Crippen molar-refractivity contribution >= 4 is 27.4 Å². The number of fused-ring (bicyclic) bond motifs is 1. The van der Waals surface area contributed by atoms with E-state index < -0.39 is 0 Å². The Bertz CT molecular complexity index is 504. The number of aromatic nitrogens is 2. The van der Waals surface area contributed by atoms with Crippen LogP contribution in [0.2, 0.25) is 0 Å². The average molecular weight is 236 g/mol. The van der Waals surface area contributed by atoms with Gasteiger partial charge in [0.2, 0.25) is 0 Å². The number of thiophene rings is 1. The molecule has 2 aromatic heterocycles. The van der Waals surface area contributed by atoms with Gasteiger partial charge < -0.3 is 11.1 Å². The Labute approximate surface area is 98.9 Å². The van der Waals surface area contributed by atoms with Gasteiger partial charge in [-0.2, -0.15) is 0 Å². The van der Waals surface area contributed by atoms with E-state index in [0.29, 0.717) is 6.54 Å². The highest BCUT2D eigenvalue weighted by Crippen LogP contribution is 2.28. The number of nitrogens with zero attached hydrogens (tertiary/aromatic N) is 2. The molecule has 2 aromatic rings. The van der Waals surface area contributed by atoms with Crippen molar-refractivity contribution < 1.29 is 0 Å². The van der Waals surface area contributed by atoms with Crippen molar-refractivity contribution in [2.45, 2.75) is 26.3 Å². The highest BCUT2D eigenvalue weighted by Gasteiger charge is 2.17. The molecular weight excluding hydrogens is 220 g/mol. The molecule has 0 aliphatic carbocycles. The second kappa shape index (κ2) is 3.99. The monoisotopic (exact) mass is 236 g/mol. The first-order chi connectivity index (χ1) is 7.52. The molecule has 5 heteroatoms. The number of hydrogen-bond acceptors (Lipinski definition) is 5. The lowest BCUT2D eigenvalue weighted by molar-refractivity contribution is 0.578. The molecule has 16 heavy (non-hydrogen) atoms. The second-order valence-corrected chi connectivity index (χ2v) is 5.75. The summed E-state index contributed by atoms with van der Waals surface area (Å²) in [5.41, 5.74) is 5.54. The van der Waals surface area contributed by atoms with Crippen LogP contribution in [0.4, 0.5) is 5.82 Å². The van der Waals surface area contributed by atoms with Gasteiger partial charge in [-0.3, -0.25) is 0 Å². The fourth-order valence-electron chi connectivity index (χ4n) is 1.45. The van der Waals surface area contributed by atoms with E-state index in [1.165, 1.54) is 4.88 Å². The van der Waals surface area contributed by atoms with Crippen LogP contribution in [0.1, 0.15) is 18.7 Å². The molecule has 0 amide bonds. The predicted octanol–water partition coefficient (Wildman–Crippen LogP) is 2.15. The molecule has 3 N–H and O–H groups in total. The van der Waals surface area contributed by atoms with Crippen LogP contribution >= 0.6 is 11.3 Å². The van der Waals surface area contributed by atoms with Gasteiger partial charge in [-0.15, -0.1) is 11.3 Å².